The van der Waals surface area contributed by atoms with E-state index in [1.54, 1.807) is 18.2 Å². The minimum atomic E-state index is -0.559. The third-order valence-electron chi connectivity index (χ3n) is 3.75. The molecule has 0 aliphatic heterocycles. The number of methoxy groups -OCH3 is 1. The Kier molecular flexibility index (Phi) is 4.81. The third-order valence-corrected chi connectivity index (χ3v) is 3.75. The van der Waals surface area contributed by atoms with Gasteiger partial charge in [-0.1, -0.05) is 5.16 Å². The number of aromatic nitrogens is 2. The predicted molar refractivity (Wildman–Crippen MR) is 96.7 cm³/mol. The zero-order valence-corrected chi connectivity index (χ0v) is 14.2. The summed E-state index contributed by atoms with van der Waals surface area (Å²) in [4.78, 5) is 16.6. The van der Waals surface area contributed by atoms with E-state index in [0.29, 0.717) is 22.5 Å². The molecular weight excluding hydrogens is 348 g/mol. The summed E-state index contributed by atoms with van der Waals surface area (Å²) in [6.07, 6.45) is 4.08. The molecule has 0 unspecified atom stereocenters. The van der Waals surface area contributed by atoms with Crippen molar-refractivity contribution in [3.05, 3.63) is 65.3 Å². The van der Waals surface area contributed by atoms with Crippen molar-refractivity contribution in [2.45, 2.75) is 0 Å². The van der Waals surface area contributed by atoms with Crippen LogP contribution < -0.4 is 15.8 Å². The Balaban J connectivity index is 1.91. The molecular formula is C18H14N6O3. The topological polar surface area (TPSA) is 151 Å². The molecule has 2 heterocycles. The van der Waals surface area contributed by atoms with E-state index in [0.717, 1.165) is 0 Å². The molecule has 0 saturated carbocycles. The van der Waals surface area contributed by atoms with Gasteiger partial charge < -0.3 is 20.3 Å². The molecule has 3 aromatic rings. The molecule has 0 fully saturated rings. The lowest BCUT2D eigenvalue weighted by atomic mass is 10.0. The molecule has 3 rings (SSSR count). The van der Waals surface area contributed by atoms with Crippen molar-refractivity contribution in [2.24, 2.45) is 0 Å². The molecule has 27 heavy (non-hydrogen) atoms. The number of carbonyl (C=O) groups is 1. The summed E-state index contributed by atoms with van der Waals surface area (Å²) in [6, 6.07) is 8.13. The van der Waals surface area contributed by atoms with Crippen LogP contribution in [0.2, 0.25) is 0 Å². The van der Waals surface area contributed by atoms with E-state index in [1.807, 2.05) is 6.07 Å². The van der Waals surface area contributed by atoms with Gasteiger partial charge in [0, 0.05) is 23.1 Å². The van der Waals surface area contributed by atoms with Gasteiger partial charge in [0.15, 0.2) is 11.4 Å². The van der Waals surface area contributed by atoms with Gasteiger partial charge in [-0.25, -0.2) is 4.98 Å². The number of carbonyl (C=O) groups excluding carboxylic acids is 1. The van der Waals surface area contributed by atoms with E-state index in [1.165, 1.54) is 31.8 Å². The summed E-state index contributed by atoms with van der Waals surface area (Å²) in [5, 5.41) is 23.6. The smallest absolute Gasteiger partial charge is 0.278 e. The number of nitriles is 1. The Labute approximate surface area is 153 Å². The van der Waals surface area contributed by atoms with E-state index < -0.39 is 5.91 Å². The Morgan fingerprint density at radius 3 is 2.89 bits per heavy atom. The minimum Gasteiger partial charge on any atom is -0.493 e. The monoisotopic (exact) mass is 362 g/mol. The fraction of sp³-hybridized carbons (Fsp3) is 0.0556. The van der Waals surface area contributed by atoms with E-state index >= 15 is 0 Å². The first-order valence-electron chi connectivity index (χ1n) is 7.67. The fourth-order valence-corrected chi connectivity index (χ4v) is 2.43. The normalized spacial score (nSPS) is 10.1. The average molecular weight is 362 g/mol. The number of benzene rings is 1. The molecule has 9 heteroatoms. The van der Waals surface area contributed by atoms with Gasteiger partial charge in [0.2, 0.25) is 0 Å². The lowest BCUT2D eigenvalue weighted by Crippen LogP contribution is -2.16. The molecule has 0 spiro atoms. The first-order chi connectivity index (χ1) is 13.0. The Hall–Kier alpha value is -4.19. The van der Waals surface area contributed by atoms with E-state index in [2.05, 4.69) is 15.5 Å². The van der Waals surface area contributed by atoms with Gasteiger partial charge in [-0.2, -0.15) is 5.26 Å². The maximum absolute atomic E-state index is 12.6. The van der Waals surface area contributed by atoms with Gasteiger partial charge in [-0.3, -0.25) is 10.2 Å². The highest BCUT2D eigenvalue weighted by Crippen LogP contribution is 2.24. The summed E-state index contributed by atoms with van der Waals surface area (Å²) >= 11 is 0. The summed E-state index contributed by atoms with van der Waals surface area (Å²) in [6.45, 7) is 0. The molecule has 134 valence electrons. The number of anilines is 2. The summed E-state index contributed by atoms with van der Waals surface area (Å²) in [5.41, 5.74) is 7.85. The number of amides is 1. The second kappa shape index (κ2) is 7.37. The van der Waals surface area contributed by atoms with Crippen LogP contribution in [0.1, 0.15) is 27.2 Å². The molecule has 9 nitrogen and oxygen atoms in total. The Morgan fingerprint density at radius 2 is 2.22 bits per heavy atom. The first-order valence-corrected chi connectivity index (χ1v) is 7.67. The lowest BCUT2D eigenvalue weighted by molar-refractivity contribution is 0.101. The molecule has 1 amide bonds. The van der Waals surface area contributed by atoms with Crippen molar-refractivity contribution >= 4 is 23.0 Å². The van der Waals surface area contributed by atoms with Crippen molar-refractivity contribution in [1.29, 1.82) is 10.7 Å². The SMILES string of the molecule is COc1c(C#N)ccnc1C(=O)Nc1ccc(N)c(C(=N)c2cnoc2)c1. The second-order valence-corrected chi connectivity index (χ2v) is 5.40. The van der Waals surface area contributed by atoms with E-state index in [-0.39, 0.29) is 22.7 Å². The molecule has 0 saturated heterocycles. The molecule has 0 aliphatic carbocycles. The number of nitrogens with two attached hydrogens (primary N) is 1. The second-order valence-electron chi connectivity index (χ2n) is 5.40. The minimum absolute atomic E-state index is 0.0240. The van der Waals surface area contributed by atoms with Crippen LogP contribution >= 0.6 is 0 Å². The summed E-state index contributed by atoms with van der Waals surface area (Å²) < 4.78 is 9.89. The van der Waals surface area contributed by atoms with Crippen molar-refractivity contribution in [2.75, 3.05) is 18.2 Å². The molecule has 4 N–H and O–H groups in total. The highest BCUT2D eigenvalue weighted by atomic mass is 16.5. The van der Waals surface area contributed by atoms with Crippen LogP contribution in [0.3, 0.4) is 0 Å². The van der Waals surface area contributed by atoms with Gasteiger partial charge >= 0.3 is 0 Å². The van der Waals surface area contributed by atoms with E-state index in [4.69, 9.17) is 25.7 Å². The zero-order chi connectivity index (χ0) is 19.4. The highest BCUT2D eigenvalue weighted by molar-refractivity contribution is 6.14. The Bertz CT molecular complexity index is 1050. The molecule has 0 bridgehead atoms. The summed E-state index contributed by atoms with van der Waals surface area (Å²) in [5.74, 6) is -0.471. The van der Waals surface area contributed by atoms with Gasteiger partial charge in [0.25, 0.3) is 5.91 Å². The van der Waals surface area contributed by atoms with Crippen LogP contribution in [0.15, 0.2) is 47.4 Å². The number of pyridine rings is 1. The number of nitrogens with zero attached hydrogens (tertiary/aromatic N) is 3. The Morgan fingerprint density at radius 1 is 1.41 bits per heavy atom. The van der Waals surface area contributed by atoms with Crippen LogP contribution in [0.25, 0.3) is 0 Å². The quantitative estimate of drug-likeness (QED) is 0.465. The van der Waals surface area contributed by atoms with Gasteiger partial charge in [0.1, 0.15) is 12.3 Å². The fourth-order valence-electron chi connectivity index (χ4n) is 2.43. The molecule has 0 atom stereocenters. The highest BCUT2D eigenvalue weighted by Gasteiger charge is 2.19. The van der Waals surface area contributed by atoms with Gasteiger partial charge in [-0.05, 0) is 24.3 Å². The predicted octanol–water partition coefficient (Wildman–Crippen LogP) is 2.20. The number of rotatable bonds is 5. The van der Waals surface area contributed by atoms with Crippen LogP contribution in [0, 0.1) is 16.7 Å². The zero-order valence-electron chi connectivity index (χ0n) is 14.2. The van der Waals surface area contributed by atoms with Crippen molar-refractivity contribution in [3.63, 3.8) is 0 Å². The average Bonchev–Trinajstić information content (AvgIpc) is 3.22. The van der Waals surface area contributed by atoms with Crippen LogP contribution in [0.5, 0.6) is 5.75 Å². The van der Waals surface area contributed by atoms with Crippen LogP contribution in [0.4, 0.5) is 11.4 Å². The van der Waals surface area contributed by atoms with Crippen molar-refractivity contribution < 1.29 is 14.1 Å². The summed E-state index contributed by atoms with van der Waals surface area (Å²) in [7, 11) is 1.36. The number of ether oxygens (including phenoxy) is 1. The van der Waals surface area contributed by atoms with Crippen LogP contribution in [-0.4, -0.2) is 28.9 Å². The van der Waals surface area contributed by atoms with E-state index in [9.17, 15) is 4.79 Å². The molecule has 0 radical (unpaired) electrons. The number of hydrogen-bond acceptors (Lipinski definition) is 8. The number of hydrogen-bond donors (Lipinski definition) is 3. The first kappa shape index (κ1) is 17.6. The maximum atomic E-state index is 12.6. The van der Waals surface area contributed by atoms with Crippen molar-refractivity contribution in [3.8, 4) is 11.8 Å². The maximum Gasteiger partial charge on any atom is 0.278 e. The number of nitrogens with one attached hydrogen (secondary N) is 2. The van der Waals surface area contributed by atoms with Gasteiger partial charge in [0.05, 0.1) is 30.1 Å². The van der Waals surface area contributed by atoms with Crippen LogP contribution in [-0.2, 0) is 0 Å². The molecule has 1 aromatic carbocycles. The number of nitrogen functional groups attached to an aromatic ring is 1. The lowest BCUT2D eigenvalue weighted by Gasteiger charge is -2.12. The standard InChI is InChI=1S/C18H14N6O3/c1-26-17-10(7-19)4-5-22-16(17)18(25)24-12-2-3-14(20)13(6-12)15(21)11-8-23-27-9-11/h2-6,8-9,21H,20H2,1H3,(H,24,25). The largest absolute Gasteiger partial charge is 0.493 e. The molecule has 2 aromatic heterocycles. The van der Waals surface area contributed by atoms with Gasteiger partial charge in [-0.15, -0.1) is 0 Å². The molecule has 0 aliphatic rings. The third kappa shape index (κ3) is 3.45. The van der Waals surface area contributed by atoms with Crippen molar-refractivity contribution in [1.82, 2.24) is 10.1 Å².